The van der Waals surface area contributed by atoms with Gasteiger partial charge in [-0.1, -0.05) is 85.5 Å². The Morgan fingerprint density at radius 3 is 2.47 bits per heavy atom. The summed E-state index contributed by atoms with van der Waals surface area (Å²) in [5, 5.41) is 2.20. The molecule has 3 aliphatic rings. The number of para-hydroxylation sites is 2. The normalized spacial score (nSPS) is 15.8. The maximum absolute atomic E-state index is 5.07. The van der Waals surface area contributed by atoms with E-state index in [1.54, 1.807) is 0 Å². The van der Waals surface area contributed by atoms with E-state index in [2.05, 4.69) is 118 Å². The van der Waals surface area contributed by atoms with Gasteiger partial charge in [0.1, 0.15) is 0 Å². The van der Waals surface area contributed by atoms with Crippen molar-refractivity contribution in [1.82, 2.24) is 0 Å². The second kappa shape index (κ2) is 9.72. The fourth-order valence-electron chi connectivity index (χ4n) is 5.50. The first-order valence-electron chi connectivity index (χ1n) is 13.1. The highest BCUT2D eigenvalue weighted by Gasteiger charge is 2.14. The fraction of sp³-hybridized carbons (Fsp3) is 0.111. The van der Waals surface area contributed by atoms with Crippen LogP contribution in [0.1, 0.15) is 52.8 Å². The molecule has 2 heterocycles. The van der Waals surface area contributed by atoms with Crippen molar-refractivity contribution in [2.45, 2.75) is 27.2 Å². The van der Waals surface area contributed by atoms with Crippen molar-refractivity contribution in [3.05, 3.63) is 140 Å². The monoisotopic (exact) mass is 490 g/mol. The zero-order valence-electron chi connectivity index (χ0n) is 22.1. The van der Waals surface area contributed by atoms with Gasteiger partial charge in [-0.05, 0) is 84.4 Å². The first-order valence-corrected chi connectivity index (χ1v) is 13.1. The number of allylic oxidation sites excluding steroid dienone is 8. The Morgan fingerprint density at radius 1 is 0.816 bits per heavy atom. The van der Waals surface area contributed by atoms with Crippen LogP contribution in [0.4, 0.5) is 5.69 Å². The number of hydrogen-bond acceptors (Lipinski definition) is 2. The van der Waals surface area contributed by atoms with Crippen molar-refractivity contribution < 1.29 is 0 Å². The first kappa shape index (κ1) is 23.8. The zero-order chi connectivity index (χ0) is 26.2. The van der Waals surface area contributed by atoms with Crippen LogP contribution in [0.5, 0.6) is 0 Å². The molecule has 0 amide bonds. The third kappa shape index (κ3) is 4.29. The van der Waals surface area contributed by atoms with Crippen molar-refractivity contribution in [2.24, 2.45) is 9.98 Å². The summed E-state index contributed by atoms with van der Waals surface area (Å²) in [6.07, 6.45) is 20.3. The van der Waals surface area contributed by atoms with Crippen molar-refractivity contribution in [3.8, 4) is 0 Å². The summed E-state index contributed by atoms with van der Waals surface area (Å²) in [4.78, 5) is 9.83. The molecule has 1 aliphatic carbocycles. The molecule has 2 heteroatoms. The van der Waals surface area contributed by atoms with Gasteiger partial charge in [0, 0.05) is 28.1 Å². The summed E-state index contributed by atoms with van der Waals surface area (Å²) in [5.41, 5.74) is 13.6. The van der Waals surface area contributed by atoms with E-state index in [9.17, 15) is 0 Å². The number of benzene rings is 3. The van der Waals surface area contributed by atoms with Gasteiger partial charge in [0.15, 0.2) is 0 Å². The highest BCUT2D eigenvalue weighted by Crippen LogP contribution is 2.33. The van der Waals surface area contributed by atoms with E-state index >= 15 is 0 Å². The number of nitrogens with zero attached hydrogens (tertiary/aromatic N) is 2. The topological polar surface area (TPSA) is 24.7 Å². The first-order chi connectivity index (χ1) is 18.5. The zero-order valence-corrected chi connectivity index (χ0v) is 22.1. The van der Waals surface area contributed by atoms with Gasteiger partial charge in [0.05, 0.1) is 16.7 Å². The largest absolute Gasteiger partial charge is 0.260 e. The van der Waals surface area contributed by atoms with Gasteiger partial charge in [0.25, 0.3) is 0 Å². The van der Waals surface area contributed by atoms with E-state index in [0.717, 1.165) is 50.7 Å². The number of aliphatic imine (C=N–C) groups is 1. The molecule has 0 fully saturated rings. The second-order valence-electron chi connectivity index (χ2n) is 9.99. The summed E-state index contributed by atoms with van der Waals surface area (Å²) in [7, 11) is 0. The smallest absolute Gasteiger partial charge is 0.0788 e. The van der Waals surface area contributed by atoms with Crippen molar-refractivity contribution in [3.63, 3.8) is 0 Å². The van der Waals surface area contributed by atoms with E-state index in [1.807, 2.05) is 13.1 Å². The molecule has 0 saturated carbocycles. The maximum Gasteiger partial charge on any atom is 0.0788 e. The average Bonchev–Trinajstić information content (AvgIpc) is 3.19. The van der Waals surface area contributed by atoms with Crippen LogP contribution in [-0.4, -0.2) is 6.21 Å². The van der Waals surface area contributed by atoms with Gasteiger partial charge < -0.3 is 0 Å². The molecule has 7 bridgehead atoms. The molecule has 3 aromatic carbocycles. The lowest BCUT2D eigenvalue weighted by Gasteiger charge is -2.12. The Bertz CT molecular complexity index is 1820. The van der Waals surface area contributed by atoms with Crippen LogP contribution < -0.4 is 10.6 Å². The molecule has 0 N–H and O–H groups in total. The average molecular weight is 491 g/mol. The quantitative estimate of drug-likeness (QED) is 0.311. The van der Waals surface area contributed by atoms with Crippen LogP contribution in [0, 0.1) is 6.92 Å². The maximum atomic E-state index is 5.07. The molecule has 184 valence electrons. The molecular weight excluding hydrogens is 460 g/mol. The third-order valence-corrected chi connectivity index (χ3v) is 7.46. The van der Waals surface area contributed by atoms with Gasteiger partial charge in [-0.15, -0.1) is 0 Å². The van der Waals surface area contributed by atoms with E-state index in [4.69, 9.17) is 9.98 Å². The Hall–Kier alpha value is -4.56. The molecular formula is C36H30N2. The fourth-order valence-corrected chi connectivity index (χ4v) is 5.50. The molecule has 0 aromatic heterocycles. The van der Waals surface area contributed by atoms with Crippen molar-refractivity contribution in [1.29, 1.82) is 0 Å². The highest BCUT2D eigenvalue weighted by atomic mass is 14.8. The van der Waals surface area contributed by atoms with E-state index < -0.39 is 0 Å². The number of rotatable bonds is 1. The molecule has 0 atom stereocenters. The minimum absolute atomic E-state index is 0.876. The van der Waals surface area contributed by atoms with Crippen LogP contribution in [0.3, 0.4) is 0 Å². The lowest BCUT2D eigenvalue weighted by molar-refractivity contribution is 1.20. The van der Waals surface area contributed by atoms with Crippen LogP contribution in [0.15, 0.2) is 101 Å². The molecule has 3 aromatic rings. The Labute approximate surface area is 224 Å². The third-order valence-electron chi connectivity index (χ3n) is 7.46. The standard InChI is InChI=1S/C36H30N2/c1-5-37-35-29-8-6-10-32(35)24(3)12-13-26-14-15-27-16-17-28(18-19-33(27)25(26)4)34-11-7-9-30-22-31(38-36(30)34)21-23(2)20-29/h5-18,20-22H,3,19H2,1-2,4H3. The van der Waals surface area contributed by atoms with Crippen LogP contribution in [-0.2, 0) is 6.42 Å². The van der Waals surface area contributed by atoms with E-state index in [-0.39, 0.29) is 0 Å². The molecule has 0 saturated heterocycles. The number of fused-ring (bicyclic) bond motifs is 6. The Morgan fingerprint density at radius 2 is 1.61 bits per heavy atom. The molecule has 2 aliphatic heterocycles. The van der Waals surface area contributed by atoms with Gasteiger partial charge in [-0.25, -0.2) is 4.99 Å². The molecule has 38 heavy (non-hydrogen) atoms. The molecule has 0 radical (unpaired) electrons. The lowest BCUT2D eigenvalue weighted by Crippen LogP contribution is -2.24. The summed E-state index contributed by atoms with van der Waals surface area (Å²) < 4.78 is 0. The summed E-state index contributed by atoms with van der Waals surface area (Å²) in [6.45, 7) is 10.7. The van der Waals surface area contributed by atoms with Gasteiger partial charge in [0.2, 0.25) is 0 Å². The number of hydrogen-bond donors (Lipinski definition) is 0. The van der Waals surface area contributed by atoms with Gasteiger partial charge in [-0.3, -0.25) is 4.99 Å². The molecule has 2 nitrogen and oxygen atoms in total. The van der Waals surface area contributed by atoms with Crippen molar-refractivity contribution in [2.75, 3.05) is 0 Å². The predicted octanol–water partition coefficient (Wildman–Crippen LogP) is 7.81. The highest BCUT2D eigenvalue weighted by molar-refractivity contribution is 5.89. The molecule has 6 rings (SSSR count). The SMILES string of the molecule is C=C1C=Cc2ccc3c(c2C)CC=C(C=C3)c2cccc3c2=NC(=CC(C)=Cc2cccc1c2N=CC)C=3. The van der Waals surface area contributed by atoms with Crippen molar-refractivity contribution >= 4 is 47.4 Å². The summed E-state index contributed by atoms with van der Waals surface area (Å²) in [6, 6.07) is 17.2. The Balaban J connectivity index is 1.62. The predicted molar refractivity (Wildman–Crippen MR) is 164 cm³/mol. The van der Waals surface area contributed by atoms with Crippen LogP contribution in [0.25, 0.3) is 35.5 Å². The minimum atomic E-state index is 0.876. The van der Waals surface area contributed by atoms with Crippen LogP contribution >= 0.6 is 0 Å². The minimum Gasteiger partial charge on any atom is -0.260 e. The van der Waals surface area contributed by atoms with E-state index in [0.29, 0.717) is 0 Å². The molecule has 0 spiro atoms. The Kier molecular flexibility index (Phi) is 6.09. The molecule has 0 unspecified atom stereocenters. The summed E-state index contributed by atoms with van der Waals surface area (Å²) in [5.74, 6) is 0. The van der Waals surface area contributed by atoms with Gasteiger partial charge >= 0.3 is 0 Å². The second-order valence-corrected chi connectivity index (χ2v) is 9.99. The van der Waals surface area contributed by atoms with E-state index in [1.165, 1.54) is 33.4 Å². The van der Waals surface area contributed by atoms with Gasteiger partial charge in [-0.2, -0.15) is 0 Å². The lowest BCUT2D eigenvalue weighted by atomic mass is 9.93. The summed E-state index contributed by atoms with van der Waals surface area (Å²) >= 11 is 0. The van der Waals surface area contributed by atoms with Crippen LogP contribution in [0.2, 0.25) is 0 Å².